The average Bonchev–Trinajstić information content (AvgIpc) is 3.68. The van der Waals surface area contributed by atoms with E-state index in [4.69, 9.17) is 9.26 Å². The van der Waals surface area contributed by atoms with Gasteiger partial charge in [0, 0.05) is 67.4 Å². The first kappa shape index (κ1) is 32.7. The Morgan fingerprint density at radius 2 is 1.71 bits per heavy atom. The smallest absolute Gasteiger partial charge is 0.439 e. The molecule has 1 N–H and O–H groups in total. The van der Waals surface area contributed by atoms with E-state index in [0.717, 1.165) is 31.7 Å². The number of aromatic nitrogens is 4. The van der Waals surface area contributed by atoms with Crippen LogP contribution in [0.5, 0.6) is 5.75 Å². The molecule has 0 unspecified atom stereocenters. The second-order valence-electron chi connectivity index (χ2n) is 10.3. The molecule has 0 fully saturated rings. The van der Waals surface area contributed by atoms with Gasteiger partial charge in [-0.15, -0.1) is 11.3 Å². The normalized spacial score (nSPS) is 11.0. The summed E-state index contributed by atoms with van der Waals surface area (Å²) in [5, 5.41) is 4.26. The predicted octanol–water partition coefficient (Wildman–Crippen LogP) is 4.66. The first-order valence-electron chi connectivity index (χ1n) is 14.0. The molecule has 223 valence electrons. The number of ketones is 1. The van der Waals surface area contributed by atoms with E-state index in [1.165, 1.54) is 18.4 Å². The quantitative estimate of drug-likeness (QED) is 0.179. The molecule has 0 aliphatic heterocycles. The zero-order valence-corrected chi connectivity index (χ0v) is 29.2. The number of hydrogen-bond donors (Lipinski definition) is 1. The first-order valence-corrected chi connectivity index (χ1v) is 14.8. The van der Waals surface area contributed by atoms with Crippen LogP contribution in [0.1, 0.15) is 33.3 Å². The van der Waals surface area contributed by atoms with Gasteiger partial charge in [0.15, 0.2) is 11.6 Å². The number of nitrogens with one attached hydrogen (secondary N) is 1. The van der Waals surface area contributed by atoms with Crippen LogP contribution in [-0.4, -0.2) is 83.6 Å². The number of fused-ring (bicyclic) bond motifs is 1. The summed E-state index contributed by atoms with van der Waals surface area (Å²) in [6.07, 6.45) is 0.710. The number of aryl methyl sites for hydroxylation is 2. The van der Waals surface area contributed by atoms with Crippen molar-refractivity contribution in [3.8, 4) is 28.3 Å². The zero-order chi connectivity index (χ0) is 31.0. The third kappa shape index (κ3) is 6.53. The summed E-state index contributed by atoms with van der Waals surface area (Å²) in [4.78, 5) is 56.3. The Labute approximate surface area is 303 Å². The number of carbonyl (C=O) groups is 1. The molecule has 0 spiro atoms. The van der Waals surface area contributed by atoms with Gasteiger partial charge in [-0.2, -0.15) is 0 Å². The fraction of sp³-hybridized carbons (Fsp3) is 0.182. The number of thiophene rings is 1. The maximum absolute atomic E-state index is 13.9. The number of benzene rings is 3. The largest absolute Gasteiger partial charge is 0.497 e. The topological polar surface area (TPSA) is 129 Å². The number of rotatable bonds is 9. The number of Topliss-reactive ketones (excluding diaryl/α,β-unsaturated/α-hetero) is 1. The molecule has 6 aromatic rings. The van der Waals surface area contributed by atoms with Crippen molar-refractivity contribution >= 4 is 78.7 Å². The van der Waals surface area contributed by atoms with E-state index in [-0.39, 0.29) is 70.3 Å². The van der Waals surface area contributed by atoms with Gasteiger partial charge < -0.3 is 4.74 Å². The third-order valence-corrected chi connectivity index (χ3v) is 8.92. The molecular weight excluding hydrogens is 620 g/mol. The molecule has 12 heteroatoms. The molecule has 0 saturated heterocycles. The standard InChI is InChI=1S/C33H28N4O6S.K/c1-4-24-16-27-30(39)36(18-28(38)20-11-13-23(42-3)14-12-20)33(41)37(31(27)44-24)17-22-10-9-21(15-19(22)2)25-7-5-6-8-26(25)29-34-32(40)43-35-29;/h5-16H,4,17-18H2,1-3H3,(H,34,35,40);. The summed E-state index contributed by atoms with van der Waals surface area (Å²) in [5.74, 6) is -0.0516. The number of ether oxygens (including phenoxy) is 1. The minimum atomic E-state index is -0.634. The van der Waals surface area contributed by atoms with Crippen LogP contribution in [0.3, 0.4) is 0 Å². The number of hydrogen-bond acceptors (Lipinski definition) is 8. The van der Waals surface area contributed by atoms with Crippen LogP contribution in [0.25, 0.3) is 32.7 Å². The Kier molecular flexibility index (Phi) is 10.0. The van der Waals surface area contributed by atoms with Crippen molar-refractivity contribution in [1.29, 1.82) is 0 Å². The summed E-state index contributed by atoms with van der Waals surface area (Å²) in [5.41, 5.74) is 3.61. The number of methoxy groups -OCH3 is 1. The van der Waals surface area contributed by atoms with Crippen molar-refractivity contribution in [2.75, 3.05) is 7.11 Å². The van der Waals surface area contributed by atoms with Crippen molar-refractivity contribution in [3.05, 3.63) is 126 Å². The van der Waals surface area contributed by atoms with Crippen LogP contribution in [0.15, 0.2) is 91.7 Å². The molecule has 45 heavy (non-hydrogen) atoms. The SMILES string of the molecule is CCc1cc2c(=O)n(CC(=O)c3ccc(OC)cc3)c(=O)n(Cc3ccc(-c4ccccc4-c4noc(=O)[nH]4)cc3C)c2s1.[K]. The van der Waals surface area contributed by atoms with Gasteiger partial charge >= 0.3 is 11.4 Å². The number of H-pyrrole nitrogens is 1. The molecule has 6 rings (SSSR count). The minimum absolute atomic E-state index is 0. The molecule has 0 saturated carbocycles. The van der Waals surface area contributed by atoms with Gasteiger partial charge in [0.05, 0.1) is 25.6 Å². The van der Waals surface area contributed by atoms with Crippen molar-refractivity contribution in [1.82, 2.24) is 19.3 Å². The van der Waals surface area contributed by atoms with Crippen molar-refractivity contribution in [2.45, 2.75) is 33.4 Å². The fourth-order valence-corrected chi connectivity index (χ4v) is 6.29. The molecule has 0 amide bonds. The fourth-order valence-electron chi connectivity index (χ4n) is 5.21. The van der Waals surface area contributed by atoms with Crippen molar-refractivity contribution in [2.24, 2.45) is 0 Å². The summed E-state index contributed by atoms with van der Waals surface area (Å²) in [6.45, 7) is 3.78. The second kappa shape index (κ2) is 13.8. The molecule has 3 aromatic carbocycles. The van der Waals surface area contributed by atoms with Crippen LogP contribution in [0.4, 0.5) is 0 Å². The minimum Gasteiger partial charge on any atom is -0.497 e. The predicted molar refractivity (Wildman–Crippen MR) is 175 cm³/mol. The number of nitrogens with zero attached hydrogens (tertiary/aromatic N) is 3. The van der Waals surface area contributed by atoms with Gasteiger partial charge in [-0.1, -0.05) is 54.5 Å². The van der Waals surface area contributed by atoms with E-state index in [9.17, 15) is 19.2 Å². The molecule has 0 atom stereocenters. The van der Waals surface area contributed by atoms with E-state index >= 15 is 0 Å². The van der Waals surface area contributed by atoms with E-state index in [0.29, 0.717) is 39.3 Å². The second-order valence-corrected chi connectivity index (χ2v) is 11.4. The zero-order valence-electron chi connectivity index (χ0n) is 25.2. The van der Waals surface area contributed by atoms with Crippen LogP contribution in [0, 0.1) is 6.92 Å². The molecule has 0 aliphatic rings. The van der Waals surface area contributed by atoms with Crippen molar-refractivity contribution in [3.63, 3.8) is 0 Å². The molecule has 10 nitrogen and oxygen atoms in total. The third-order valence-electron chi connectivity index (χ3n) is 7.61. The molecule has 3 heterocycles. The van der Waals surface area contributed by atoms with Crippen molar-refractivity contribution < 1.29 is 14.1 Å². The van der Waals surface area contributed by atoms with Gasteiger partial charge in [0.2, 0.25) is 0 Å². The van der Waals surface area contributed by atoms with Gasteiger partial charge in [-0.25, -0.2) is 9.59 Å². The maximum atomic E-state index is 13.9. The Hall–Kier alpha value is -3.65. The Balaban J connectivity index is 0.00000400. The Morgan fingerprint density at radius 1 is 0.978 bits per heavy atom. The van der Waals surface area contributed by atoms with Gasteiger partial charge in [0.25, 0.3) is 5.56 Å². The molecule has 0 bridgehead atoms. The van der Waals surface area contributed by atoms with E-state index in [2.05, 4.69) is 10.1 Å². The summed E-state index contributed by atoms with van der Waals surface area (Å²) >= 11 is 1.41. The van der Waals surface area contributed by atoms with Crippen LogP contribution in [0.2, 0.25) is 0 Å². The maximum Gasteiger partial charge on any atom is 0.439 e. The van der Waals surface area contributed by atoms with E-state index in [1.54, 1.807) is 28.8 Å². The number of aromatic amines is 1. The summed E-state index contributed by atoms with van der Waals surface area (Å²) in [7, 11) is 1.54. The van der Waals surface area contributed by atoms with E-state index < -0.39 is 17.0 Å². The molecule has 3 aromatic heterocycles. The first-order chi connectivity index (χ1) is 21.3. The molecular formula is C33H28KN4O6S. The van der Waals surface area contributed by atoms with Gasteiger partial charge in [-0.05, 0) is 65.9 Å². The van der Waals surface area contributed by atoms with Gasteiger partial charge in [-0.3, -0.25) is 28.2 Å². The average molecular weight is 648 g/mol. The van der Waals surface area contributed by atoms with Crippen LogP contribution < -0.4 is 21.7 Å². The van der Waals surface area contributed by atoms with E-state index in [1.807, 2.05) is 62.4 Å². The van der Waals surface area contributed by atoms with Gasteiger partial charge in [0.1, 0.15) is 10.6 Å². The molecule has 1 radical (unpaired) electrons. The summed E-state index contributed by atoms with van der Waals surface area (Å²) < 4.78 is 12.5. The van der Waals surface area contributed by atoms with Crippen LogP contribution >= 0.6 is 11.3 Å². The number of carbonyl (C=O) groups excluding carboxylic acids is 1. The summed E-state index contributed by atoms with van der Waals surface area (Å²) in [6, 6.07) is 21.8. The van der Waals surface area contributed by atoms with Crippen LogP contribution in [-0.2, 0) is 19.5 Å². The monoisotopic (exact) mass is 647 g/mol. The Morgan fingerprint density at radius 3 is 2.36 bits per heavy atom. The Bertz CT molecular complexity index is 2210. The molecule has 0 aliphatic carbocycles.